The minimum Gasteiger partial charge on any atom is -0.465 e. The van der Waals surface area contributed by atoms with Gasteiger partial charge in [-0.1, -0.05) is 6.07 Å². The second kappa shape index (κ2) is 7.37. The summed E-state index contributed by atoms with van der Waals surface area (Å²) in [5, 5.41) is 14.8. The van der Waals surface area contributed by atoms with Crippen molar-refractivity contribution in [2.24, 2.45) is 0 Å². The number of nitrogens with zero attached hydrogens (tertiary/aromatic N) is 3. The number of carboxylic acid groups (broad SMARTS) is 1. The maximum Gasteiger partial charge on any atom is 0.407 e. The zero-order chi connectivity index (χ0) is 16.9. The maximum absolute atomic E-state index is 12.1. The van der Waals surface area contributed by atoms with Gasteiger partial charge in [0.15, 0.2) is 0 Å². The molecule has 0 spiro atoms. The zero-order valence-electron chi connectivity index (χ0n) is 13.5. The number of aromatic nitrogens is 1. The third kappa shape index (κ3) is 4.06. The molecule has 3 N–H and O–H groups in total. The van der Waals surface area contributed by atoms with Gasteiger partial charge in [-0.3, -0.25) is 0 Å². The molecule has 0 saturated carbocycles. The molecule has 1 aromatic heterocycles. The topological polar surface area (TPSA) is 97.8 Å². The Hall–Kier alpha value is -2.51. The van der Waals surface area contributed by atoms with Crippen molar-refractivity contribution in [3.63, 3.8) is 0 Å². The highest BCUT2D eigenvalue weighted by Crippen LogP contribution is 2.17. The number of anilines is 1. The van der Waals surface area contributed by atoms with Crippen LogP contribution in [0.2, 0.25) is 0 Å². The molecule has 2 fully saturated rings. The van der Waals surface area contributed by atoms with Gasteiger partial charge >= 0.3 is 12.1 Å². The molecule has 0 unspecified atom stereocenters. The van der Waals surface area contributed by atoms with Crippen LogP contribution >= 0.6 is 0 Å². The van der Waals surface area contributed by atoms with Crippen molar-refractivity contribution in [1.82, 2.24) is 20.5 Å². The number of piperidine rings is 1. The Morgan fingerprint density at radius 3 is 2.42 bits per heavy atom. The van der Waals surface area contributed by atoms with Crippen LogP contribution in [0.15, 0.2) is 24.4 Å². The lowest BCUT2D eigenvalue weighted by molar-refractivity contribution is 0.154. The third-order valence-electron chi connectivity index (χ3n) is 4.60. The summed E-state index contributed by atoms with van der Waals surface area (Å²) in [5.74, 6) is 0.972. The second-order valence-corrected chi connectivity index (χ2v) is 6.28. The normalized spacial score (nSPS) is 21.6. The Morgan fingerprint density at radius 2 is 1.79 bits per heavy atom. The van der Waals surface area contributed by atoms with Gasteiger partial charge in [0.25, 0.3) is 0 Å². The number of amides is 3. The molecule has 0 aromatic carbocycles. The smallest absolute Gasteiger partial charge is 0.407 e. The van der Waals surface area contributed by atoms with E-state index >= 15 is 0 Å². The molecule has 0 radical (unpaired) electrons. The number of nitrogens with one attached hydrogen (secondary N) is 2. The van der Waals surface area contributed by atoms with Crippen LogP contribution in [-0.4, -0.2) is 65.4 Å². The first-order chi connectivity index (χ1) is 11.6. The van der Waals surface area contributed by atoms with Gasteiger partial charge in [-0.05, 0) is 31.4 Å². The molecule has 3 amide bonds. The van der Waals surface area contributed by atoms with E-state index in [1.54, 1.807) is 6.20 Å². The molecular formula is C16H23N5O3. The molecule has 0 aliphatic carbocycles. The van der Waals surface area contributed by atoms with Gasteiger partial charge in [-0.2, -0.15) is 0 Å². The van der Waals surface area contributed by atoms with E-state index in [2.05, 4.69) is 20.5 Å². The van der Waals surface area contributed by atoms with Crippen LogP contribution in [0.4, 0.5) is 15.4 Å². The molecule has 2 saturated heterocycles. The first-order valence-corrected chi connectivity index (χ1v) is 8.32. The number of hydrogen-bond donors (Lipinski definition) is 3. The Kier molecular flexibility index (Phi) is 5.02. The van der Waals surface area contributed by atoms with E-state index in [4.69, 9.17) is 5.11 Å². The lowest BCUT2D eigenvalue weighted by Gasteiger charge is -2.33. The molecule has 2 aliphatic heterocycles. The predicted octanol–water partition coefficient (Wildman–Crippen LogP) is 1.10. The van der Waals surface area contributed by atoms with Gasteiger partial charge in [0.05, 0.1) is 0 Å². The lowest BCUT2D eigenvalue weighted by atomic mass is 10.1. The Morgan fingerprint density at radius 1 is 1.08 bits per heavy atom. The number of urea groups is 1. The standard InChI is InChI=1S/C16H23N5O3/c22-15(19-13-6-10-21(11-13)16(23)24)18-12-4-8-20(9-5-12)14-3-1-2-7-17-14/h1-3,7,12-13H,4-6,8-11H2,(H,23,24)(H2,18,19,22)/t13-/m1/s1. The Balaban J connectivity index is 1.40. The van der Waals surface area contributed by atoms with Crippen molar-refractivity contribution < 1.29 is 14.7 Å². The van der Waals surface area contributed by atoms with Crippen LogP contribution in [0.5, 0.6) is 0 Å². The van der Waals surface area contributed by atoms with E-state index in [0.29, 0.717) is 19.5 Å². The number of pyridine rings is 1. The fraction of sp³-hybridized carbons (Fsp3) is 0.562. The molecule has 3 rings (SSSR count). The second-order valence-electron chi connectivity index (χ2n) is 6.28. The molecular weight excluding hydrogens is 310 g/mol. The van der Waals surface area contributed by atoms with E-state index in [0.717, 1.165) is 31.7 Å². The molecule has 3 heterocycles. The van der Waals surface area contributed by atoms with Gasteiger partial charge in [0, 0.05) is 44.5 Å². The number of rotatable bonds is 3. The summed E-state index contributed by atoms with van der Waals surface area (Å²) in [7, 11) is 0. The first kappa shape index (κ1) is 16.4. The van der Waals surface area contributed by atoms with Crippen LogP contribution < -0.4 is 15.5 Å². The van der Waals surface area contributed by atoms with Crippen LogP contribution in [0.3, 0.4) is 0 Å². The quantitative estimate of drug-likeness (QED) is 0.769. The van der Waals surface area contributed by atoms with E-state index < -0.39 is 6.09 Å². The summed E-state index contributed by atoms with van der Waals surface area (Å²) in [6, 6.07) is 5.70. The lowest BCUT2D eigenvalue weighted by Crippen LogP contribution is -2.50. The number of likely N-dealkylation sites (tertiary alicyclic amines) is 1. The van der Waals surface area contributed by atoms with E-state index in [9.17, 15) is 9.59 Å². The van der Waals surface area contributed by atoms with Gasteiger partial charge < -0.3 is 25.5 Å². The summed E-state index contributed by atoms with van der Waals surface area (Å²) < 4.78 is 0. The highest BCUT2D eigenvalue weighted by Gasteiger charge is 2.28. The summed E-state index contributed by atoms with van der Waals surface area (Å²) >= 11 is 0. The average molecular weight is 333 g/mol. The van der Waals surface area contributed by atoms with Crippen molar-refractivity contribution in [3.05, 3.63) is 24.4 Å². The number of hydrogen-bond acceptors (Lipinski definition) is 4. The maximum atomic E-state index is 12.1. The Labute approximate surface area is 140 Å². The summed E-state index contributed by atoms with van der Waals surface area (Å²) in [4.78, 5) is 30.9. The Bertz CT molecular complexity index is 574. The van der Waals surface area contributed by atoms with Crippen molar-refractivity contribution in [2.45, 2.75) is 31.3 Å². The highest BCUT2D eigenvalue weighted by atomic mass is 16.4. The van der Waals surface area contributed by atoms with Gasteiger partial charge in [0.1, 0.15) is 5.82 Å². The number of carbonyl (C=O) groups is 2. The molecule has 2 aliphatic rings. The summed E-state index contributed by atoms with van der Waals surface area (Å²) in [6.07, 6.45) is 3.26. The average Bonchev–Trinajstić information content (AvgIpc) is 3.05. The van der Waals surface area contributed by atoms with E-state index in [-0.39, 0.29) is 18.1 Å². The van der Waals surface area contributed by atoms with Crippen molar-refractivity contribution >= 4 is 17.9 Å². The van der Waals surface area contributed by atoms with Gasteiger partial charge in [-0.25, -0.2) is 14.6 Å². The molecule has 24 heavy (non-hydrogen) atoms. The van der Waals surface area contributed by atoms with Crippen molar-refractivity contribution in [3.8, 4) is 0 Å². The molecule has 0 bridgehead atoms. The van der Waals surface area contributed by atoms with Gasteiger partial charge in [-0.15, -0.1) is 0 Å². The molecule has 130 valence electrons. The summed E-state index contributed by atoms with van der Waals surface area (Å²) in [5.41, 5.74) is 0. The van der Waals surface area contributed by atoms with E-state index in [1.165, 1.54) is 4.90 Å². The molecule has 8 heteroatoms. The van der Waals surface area contributed by atoms with Crippen LogP contribution in [0.1, 0.15) is 19.3 Å². The van der Waals surface area contributed by atoms with Crippen LogP contribution in [0, 0.1) is 0 Å². The fourth-order valence-corrected chi connectivity index (χ4v) is 3.26. The van der Waals surface area contributed by atoms with Crippen LogP contribution in [-0.2, 0) is 0 Å². The predicted molar refractivity (Wildman–Crippen MR) is 89.1 cm³/mol. The van der Waals surface area contributed by atoms with E-state index in [1.807, 2.05) is 18.2 Å². The molecule has 1 atom stereocenters. The monoisotopic (exact) mass is 333 g/mol. The minimum absolute atomic E-state index is 0.102. The largest absolute Gasteiger partial charge is 0.465 e. The highest BCUT2D eigenvalue weighted by molar-refractivity contribution is 5.75. The fourth-order valence-electron chi connectivity index (χ4n) is 3.26. The number of carbonyl (C=O) groups excluding carboxylic acids is 1. The third-order valence-corrected chi connectivity index (χ3v) is 4.60. The summed E-state index contributed by atoms with van der Waals surface area (Å²) in [6.45, 7) is 2.56. The molecule has 1 aromatic rings. The molecule has 8 nitrogen and oxygen atoms in total. The van der Waals surface area contributed by atoms with Gasteiger partial charge in [0.2, 0.25) is 0 Å². The minimum atomic E-state index is -0.929. The van der Waals surface area contributed by atoms with Crippen molar-refractivity contribution in [1.29, 1.82) is 0 Å². The first-order valence-electron chi connectivity index (χ1n) is 8.32. The SMILES string of the molecule is O=C(NC1CCN(c2ccccn2)CC1)N[C@@H]1CCN(C(=O)O)C1. The van der Waals surface area contributed by atoms with Crippen LogP contribution in [0.25, 0.3) is 0 Å². The van der Waals surface area contributed by atoms with Crippen molar-refractivity contribution in [2.75, 3.05) is 31.1 Å². The zero-order valence-corrected chi connectivity index (χ0v) is 13.5.